The van der Waals surface area contributed by atoms with Gasteiger partial charge < -0.3 is 9.47 Å². The van der Waals surface area contributed by atoms with Crippen molar-refractivity contribution in [2.75, 3.05) is 14.2 Å². The number of nitrogens with zero attached hydrogens (tertiary/aromatic N) is 2. The number of aryl methyl sites for hydroxylation is 1. The smallest absolute Gasteiger partial charge is 0.350 e. The van der Waals surface area contributed by atoms with Gasteiger partial charge in [0.1, 0.15) is 5.82 Å². The Balaban J connectivity index is 2.72. The van der Waals surface area contributed by atoms with Crippen LogP contribution in [0.4, 0.5) is 13.2 Å². The average molecular weight is 250 g/mol. The van der Waals surface area contributed by atoms with Crippen LogP contribution in [0.2, 0.25) is 0 Å². The number of rotatable bonds is 5. The summed E-state index contributed by atoms with van der Waals surface area (Å²) < 4.78 is 46.0. The van der Waals surface area contributed by atoms with Gasteiger partial charge in [0, 0.05) is 26.8 Å². The Bertz CT molecular complexity index is 354. The van der Waals surface area contributed by atoms with Crippen molar-refractivity contribution in [2.45, 2.75) is 25.3 Å². The molecule has 0 N–H and O–H groups in total. The van der Waals surface area contributed by atoms with E-state index in [1.807, 2.05) is 0 Å². The molecule has 0 aromatic carbocycles. The van der Waals surface area contributed by atoms with Crippen molar-refractivity contribution in [3.05, 3.63) is 23.8 Å². The van der Waals surface area contributed by atoms with Gasteiger partial charge in [0.05, 0.1) is 12.1 Å². The summed E-state index contributed by atoms with van der Waals surface area (Å²) in [6.07, 6.45) is -4.71. The summed E-state index contributed by atoms with van der Waals surface area (Å²) in [4.78, 5) is 7.73. The van der Waals surface area contributed by atoms with E-state index in [2.05, 4.69) is 9.97 Å². The molecular formula is C10H13F3N2O2. The van der Waals surface area contributed by atoms with Crippen LogP contribution >= 0.6 is 0 Å². The summed E-state index contributed by atoms with van der Waals surface area (Å²) in [5.41, 5.74) is 0.405. The summed E-state index contributed by atoms with van der Waals surface area (Å²) >= 11 is 0. The molecular weight excluding hydrogens is 237 g/mol. The van der Waals surface area contributed by atoms with Gasteiger partial charge in [-0.1, -0.05) is 0 Å². The molecule has 0 atom stereocenters. The molecule has 1 aromatic heterocycles. The molecule has 0 radical (unpaired) electrons. The second-order valence-corrected chi connectivity index (χ2v) is 3.32. The fourth-order valence-corrected chi connectivity index (χ4v) is 1.26. The van der Waals surface area contributed by atoms with Gasteiger partial charge in [0.15, 0.2) is 0 Å². The zero-order valence-corrected chi connectivity index (χ0v) is 9.49. The van der Waals surface area contributed by atoms with E-state index in [0.717, 1.165) is 0 Å². The fraction of sp³-hybridized carbons (Fsp3) is 0.600. The molecule has 0 amide bonds. The number of hydrogen-bond acceptors (Lipinski definition) is 4. The zero-order chi connectivity index (χ0) is 12.9. The second kappa shape index (κ2) is 5.92. The maximum Gasteiger partial charge on any atom is 0.389 e. The van der Waals surface area contributed by atoms with E-state index in [4.69, 9.17) is 9.47 Å². The third-order valence-corrected chi connectivity index (χ3v) is 2.03. The van der Waals surface area contributed by atoms with E-state index in [9.17, 15) is 13.2 Å². The molecule has 0 aliphatic carbocycles. The van der Waals surface area contributed by atoms with Crippen molar-refractivity contribution in [1.29, 1.82) is 0 Å². The lowest BCUT2D eigenvalue weighted by molar-refractivity contribution is -0.134. The minimum absolute atomic E-state index is 0.124. The van der Waals surface area contributed by atoms with E-state index in [1.54, 1.807) is 0 Å². The Morgan fingerprint density at radius 2 is 1.94 bits per heavy atom. The van der Waals surface area contributed by atoms with Crippen molar-refractivity contribution >= 4 is 0 Å². The third-order valence-electron chi connectivity index (χ3n) is 2.03. The third kappa shape index (κ3) is 4.66. The van der Waals surface area contributed by atoms with E-state index in [1.165, 1.54) is 26.5 Å². The molecule has 0 aliphatic heterocycles. The quantitative estimate of drug-likeness (QED) is 0.752. The normalized spacial score (nSPS) is 12.1. The van der Waals surface area contributed by atoms with Crippen LogP contribution in [-0.4, -0.2) is 30.4 Å². The monoisotopic (exact) mass is 250 g/mol. The summed E-state index contributed by atoms with van der Waals surface area (Å²) in [7, 11) is 2.84. The number of ether oxygens (including phenoxy) is 2. The highest BCUT2D eigenvalue weighted by molar-refractivity contribution is 5.04. The first-order chi connectivity index (χ1) is 7.96. The molecule has 0 fully saturated rings. The molecule has 4 nitrogen and oxygen atoms in total. The van der Waals surface area contributed by atoms with Gasteiger partial charge in [-0.3, -0.25) is 0 Å². The van der Waals surface area contributed by atoms with Crippen molar-refractivity contribution in [1.82, 2.24) is 9.97 Å². The lowest BCUT2D eigenvalue weighted by Crippen LogP contribution is -2.12. The number of alkyl halides is 3. The van der Waals surface area contributed by atoms with E-state index < -0.39 is 18.9 Å². The summed E-state index contributed by atoms with van der Waals surface area (Å²) in [6, 6.07) is 1.54. The maximum atomic E-state index is 12.0. The van der Waals surface area contributed by atoms with Crippen LogP contribution in [0.3, 0.4) is 0 Å². The highest BCUT2D eigenvalue weighted by Crippen LogP contribution is 2.21. The van der Waals surface area contributed by atoms with Crippen LogP contribution < -0.4 is 0 Å². The minimum atomic E-state index is -4.21. The van der Waals surface area contributed by atoms with Crippen LogP contribution in [0.5, 0.6) is 0 Å². The lowest BCUT2D eigenvalue weighted by Gasteiger charge is -2.13. The maximum absolute atomic E-state index is 12.0. The highest BCUT2D eigenvalue weighted by Gasteiger charge is 2.27. The van der Waals surface area contributed by atoms with Crippen LogP contribution in [0, 0.1) is 0 Å². The van der Waals surface area contributed by atoms with Crippen LogP contribution in [0.1, 0.15) is 24.2 Å². The molecule has 17 heavy (non-hydrogen) atoms. The van der Waals surface area contributed by atoms with Gasteiger partial charge in [-0.15, -0.1) is 0 Å². The number of halogens is 3. The van der Waals surface area contributed by atoms with Gasteiger partial charge >= 0.3 is 6.18 Å². The predicted molar refractivity (Wildman–Crippen MR) is 53.2 cm³/mol. The first kappa shape index (κ1) is 13.9. The molecule has 0 saturated carbocycles. The lowest BCUT2D eigenvalue weighted by atomic mass is 10.3. The Kier molecular flexibility index (Phi) is 4.83. The van der Waals surface area contributed by atoms with Crippen molar-refractivity contribution in [2.24, 2.45) is 0 Å². The second-order valence-electron chi connectivity index (χ2n) is 3.32. The van der Waals surface area contributed by atoms with Crippen LogP contribution in [-0.2, 0) is 15.9 Å². The van der Waals surface area contributed by atoms with Crippen LogP contribution in [0.25, 0.3) is 0 Å². The number of aromatic nitrogens is 2. The van der Waals surface area contributed by atoms with Crippen LogP contribution in [0.15, 0.2) is 12.3 Å². The largest absolute Gasteiger partial charge is 0.389 e. The topological polar surface area (TPSA) is 44.2 Å². The highest BCUT2D eigenvalue weighted by atomic mass is 19.4. The van der Waals surface area contributed by atoms with Gasteiger partial charge in [-0.2, -0.15) is 13.2 Å². The van der Waals surface area contributed by atoms with Gasteiger partial charge in [0.25, 0.3) is 0 Å². The predicted octanol–water partition coefficient (Wildman–Crippen LogP) is 2.26. The summed E-state index contributed by atoms with van der Waals surface area (Å²) in [5.74, 6) is 0.124. The molecule has 1 heterocycles. The van der Waals surface area contributed by atoms with Gasteiger partial charge in [0.2, 0.25) is 6.29 Å². The molecule has 96 valence electrons. The molecule has 0 unspecified atom stereocenters. The first-order valence-electron chi connectivity index (χ1n) is 4.90. The van der Waals surface area contributed by atoms with E-state index in [0.29, 0.717) is 5.69 Å². The molecule has 0 spiro atoms. The van der Waals surface area contributed by atoms with Gasteiger partial charge in [-0.05, 0) is 6.07 Å². The first-order valence-corrected chi connectivity index (χ1v) is 4.90. The molecule has 1 rings (SSSR count). The molecule has 0 bridgehead atoms. The Morgan fingerprint density at radius 1 is 1.29 bits per heavy atom. The minimum Gasteiger partial charge on any atom is -0.350 e. The van der Waals surface area contributed by atoms with Crippen molar-refractivity contribution in [3.8, 4) is 0 Å². The Morgan fingerprint density at radius 3 is 2.47 bits per heavy atom. The Labute approximate surface area is 96.8 Å². The molecule has 1 aromatic rings. The van der Waals surface area contributed by atoms with E-state index in [-0.39, 0.29) is 12.2 Å². The van der Waals surface area contributed by atoms with Crippen molar-refractivity contribution < 1.29 is 22.6 Å². The zero-order valence-electron chi connectivity index (χ0n) is 9.49. The summed E-state index contributed by atoms with van der Waals surface area (Å²) in [5, 5.41) is 0. The fourth-order valence-electron chi connectivity index (χ4n) is 1.26. The Hall–Kier alpha value is -1.21. The number of methoxy groups -OCH3 is 2. The SMILES string of the molecule is COC(OC)c1ccnc(CCC(F)(F)F)n1. The molecule has 7 heteroatoms. The standard InChI is InChI=1S/C10H13F3N2O2/c1-16-9(17-2)7-4-6-14-8(15-7)3-5-10(11,12)13/h4,6,9H,3,5H2,1-2H3. The van der Waals surface area contributed by atoms with Gasteiger partial charge in [-0.25, -0.2) is 9.97 Å². The van der Waals surface area contributed by atoms with E-state index >= 15 is 0 Å². The molecule has 0 saturated heterocycles. The summed E-state index contributed by atoms with van der Waals surface area (Å²) in [6.45, 7) is 0. The molecule has 0 aliphatic rings. The van der Waals surface area contributed by atoms with Crippen molar-refractivity contribution in [3.63, 3.8) is 0 Å². The number of hydrogen-bond donors (Lipinski definition) is 0. The average Bonchev–Trinajstić information content (AvgIpc) is 2.28.